The van der Waals surface area contributed by atoms with E-state index in [4.69, 9.17) is 0 Å². The van der Waals surface area contributed by atoms with Crippen LogP contribution in [0.3, 0.4) is 0 Å². The molecule has 1 rings (SSSR count). The van der Waals surface area contributed by atoms with Crippen LogP contribution in [-0.2, 0) is 16.4 Å². The van der Waals surface area contributed by atoms with E-state index in [1.165, 1.54) is 25.5 Å². The van der Waals surface area contributed by atoms with E-state index < -0.39 is 27.4 Å². The number of hydrogen-bond acceptors (Lipinski definition) is 4. The van der Waals surface area contributed by atoms with E-state index in [1.807, 2.05) is 0 Å². The molecular formula is C12H17F3N2O3S. The summed E-state index contributed by atoms with van der Waals surface area (Å²) < 4.78 is 61.4. The number of hydrogen-bond donors (Lipinski definition) is 0. The lowest BCUT2D eigenvalue weighted by molar-refractivity contribution is -0.0886. The molecule has 0 aliphatic rings. The molecule has 0 bridgehead atoms. The molecule has 120 valence electrons. The molecule has 0 N–H and O–H groups in total. The molecule has 0 amide bonds. The molecular weight excluding hydrogens is 309 g/mol. The molecule has 1 aromatic rings. The molecule has 21 heavy (non-hydrogen) atoms. The fourth-order valence-electron chi connectivity index (χ4n) is 1.96. The van der Waals surface area contributed by atoms with E-state index in [0.29, 0.717) is 0 Å². The molecule has 0 spiro atoms. The minimum absolute atomic E-state index is 0.00632. The van der Waals surface area contributed by atoms with Crippen molar-refractivity contribution in [2.45, 2.75) is 39.9 Å². The molecule has 0 fully saturated rings. The van der Waals surface area contributed by atoms with Gasteiger partial charge in [0.15, 0.2) is 0 Å². The highest BCUT2D eigenvalue weighted by Crippen LogP contribution is 2.25. The summed E-state index contributed by atoms with van der Waals surface area (Å²) in [7, 11) is -3.13. The number of ketones is 1. The standard InChI is InChI=1S/C12H17F3N2O3S/c1-4-21(19,20)7-5-6-17-9(3)10(8(2)16-17)11(18)12(13,14)15/h4-7H2,1-3H3. The van der Waals surface area contributed by atoms with Gasteiger partial charge in [-0.3, -0.25) is 9.48 Å². The zero-order valence-corrected chi connectivity index (χ0v) is 12.8. The van der Waals surface area contributed by atoms with Crippen molar-refractivity contribution in [3.8, 4) is 0 Å². The molecule has 0 aromatic carbocycles. The average Bonchev–Trinajstić information content (AvgIpc) is 2.62. The first kappa shape index (κ1) is 17.7. The summed E-state index contributed by atoms with van der Waals surface area (Å²) >= 11 is 0. The average molecular weight is 326 g/mol. The zero-order chi connectivity index (χ0) is 16.4. The van der Waals surface area contributed by atoms with E-state index in [0.717, 1.165) is 0 Å². The van der Waals surface area contributed by atoms with Gasteiger partial charge in [-0.2, -0.15) is 18.3 Å². The van der Waals surface area contributed by atoms with E-state index in [-0.39, 0.29) is 35.9 Å². The molecule has 0 unspecified atom stereocenters. The van der Waals surface area contributed by atoms with Gasteiger partial charge in [0.25, 0.3) is 5.78 Å². The second kappa shape index (κ2) is 6.17. The van der Waals surface area contributed by atoms with Gasteiger partial charge in [0, 0.05) is 18.0 Å². The number of carbonyl (C=O) groups excluding carboxylic acids is 1. The number of halogens is 3. The van der Waals surface area contributed by atoms with Crippen LogP contribution in [0.1, 0.15) is 35.1 Å². The van der Waals surface area contributed by atoms with Crippen LogP contribution < -0.4 is 0 Å². The van der Waals surface area contributed by atoms with Crippen molar-refractivity contribution in [1.82, 2.24) is 9.78 Å². The minimum Gasteiger partial charge on any atom is -0.284 e. The molecule has 0 saturated heterocycles. The van der Waals surface area contributed by atoms with Gasteiger partial charge in [-0.15, -0.1) is 0 Å². The normalized spacial score (nSPS) is 12.7. The first-order valence-corrected chi connectivity index (χ1v) is 8.17. The second-order valence-corrected chi connectivity index (χ2v) is 7.16. The van der Waals surface area contributed by atoms with Crippen LogP contribution in [0.5, 0.6) is 0 Å². The highest BCUT2D eigenvalue weighted by Gasteiger charge is 2.42. The minimum atomic E-state index is -4.95. The first-order chi connectivity index (χ1) is 9.49. The maximum Gasteiger partial charge on any atom is 0.455 e. The molecule has 0 aliphatic heterocycles. The number of aryl methyl sites for hydroxylation is 2. The number of sulfone groups is 1. The van der Waals surface area contributed by atoms with E-state index in [9.17, 15) is 26.4 Å². The van der Waals surface area contributed by atoms with Gasteiger partial charge in [-0.05, 0) is 20.3 Å². The number of aromatic nitrogens is 2. The number of alkyl halides is 3. The SMILES string of the molecule is CCS(=O)(=O)CCCn1nc(C)c(C(=O)C(F)(F)F)c1C. The van der Waals surface area contributed by atoms with Gasteiger partial charge < -0.3 is 0 Å². The lowest BCUT2D eigenvalue weighted by Crippen LogP contribution is -2.24. The summed E-state index contributed by atoms with van der Waals surface area (Å²) in [4.78, 5) is 11.3. The van der Waals surface area contributed by atoms with Crippen LogP contribution in [0, 0.1) is 13.8 Å². The van der Waals surface area contributed by atoms with Crippen molar-refractivity contribution in [2.75, 3.05) is 11.5 Å². The maximum absolute atomic E-state index is 12.5. The number of carbonyl (C=O) groups is 1. The van der Waals surface area contributed by atoms with Crippen LogP contribution in [-0.4, -0.2) is 41.7 Å². The molecule has 9 heteroatoms. The maximum atomic E-state index is 12.5. The van der Waals surface area contributed by atoms with Crippen molar-refractivity contribution in [3.63, 3.8) is 0 Å². The number of rotatable bonds is 6. The Balaban J connectivity index is 2.91. The molecule has 1 heterocycles. The third kappa shape index (κ3) is 4.29. The summed E-state index contributed by atoms with van der Waals surface area (Å²) in [5.74, 6) is -1.98. The summed E-state index contributed by atoms with van der Waals surface area (Å²) in [6.45, 7) is 4.37. The third-order valence-electron chi connectivity index (χ3n) is 3.13. The Hall–Kier alpha value is -1.38. The lowest BCUT2D eigenvalue weighted by atomic mass is 10.1. The monoisotopic (exact) mass is 326 g/mol. The van der Waals surface area contributed by atoms with Gasteiger partial charge >= 0.3 is 6.18 Å². The number of Topliss-reactive ketones (excluding diaryl/α,β-unsaturated/α-hetero) is 1. The van der Waals surface area contributed by atoms with Gasteiger partial charge in [-0.25, -0.2) is 8.42 Å². The Morgan fingerprint density at radius 3 is 2.33 bits per heavy atom. The van der Waals surface area contributed by atoms with Crippen LogP contribution >= 0.6 is 0 Å². The Bertz CT molecular complexity index is 633. The van der Waals surface area contributed by atoms with E-state index in [2.05, 4.69) is 5.10 Å². The molecule has 5 nitrogen and oxygen atoms in total. The zero-order valence-electron chi connectivity index (χ0n) is 12.0. The molecule has 0 atom stereocenters. The van der Waals surface area contributed by atoms with Crippen LogP contribution in [0.4, 0.5) is 13.2 Å². The highest BCUT2D eigenvalue weighted by atomic mass is 32.2. The summed E-state index contributed by atoms with van der Waals surface area (Å²) in [6.07, 6.45) is -4.72. The summed E-state index contributed by atoms with van der Waals surface area (Å²) in [6, 6.07) is 0. The number of nitrogens with zero attached hydrogens (tertiary/aromatic N) is 2. The van der Waals surface area contributed by atoms with Crippen molar-refractivity contribution in [1.29, 1.82) is 0 Å². The van der Waals surface area contributed by atoms with Gasteiger partial charge in [0.2, 0.25) is 0 Å². The Kier molecular flexibility index (Phi) is 5.19. The largest absolute Gasteiger partial charge is 0.455 e. The Morgan fingerprint density at radius 2 is 1.86 bits per heavy atom. The predicted molar refractivity (Wildman–Crippen MR) is 71.0 cm³/mol. The van der Waals surface area contributed by atoms with Crippen molar-refractivity contribution >= 4 is 15.6 Å². The van der Waals surface area contributed by atoms with Crippen LogP contribution in [0.2, 0.25) is 0 Å². The fourth-order valence-corrected chi connectivity index (χ4v) is 2.82. The Labute approximate surface area is 121 Å². The lowest BCUT2D eigenvalue weighted by Gasteiger charge is -2.07. The quantitative estimate of drug-likeness (QED) is 0.751. The molecule has 1 aromatic heterocycles. The van der Waals surface area contributed by atoms with Gasteiger partial charge in [-0.1, -0.05) is 6.92 Å². The summed E-state index contributed by atoms with van der Waals surface area (Å²) in [5.41, 5.74) is -0.363. The van der Waals surface area contributed by atoms with Crippen molar-refractivity contribution < 1.29 is 26.4 Å². The highest BCUT2D eigenvalue weighted by molar-refractivity contribution is 7.91. The van der Waals surface area contributed by atoms with Crippen molar-refractivity contribution in [3.05, 3.63) is 17.0 Å². The fraction of sp³-hybridized carbons (Fsp3) is 0.667. The third-order valence-corrected chi connectivity index (χ3v) is 4.92. The van der Waals surface area contributed by atoms with E-state index >= 15 is 0 Å². The molecule has 0 saturated carbocycles. The van der Waals surface area contributed by atoms with Crippen molar-refractivity contribution in [2.24, 2.45) is 0 Å². The predicted octanol–water partition coefficient (Wildman–Crippen LogP) is 2.07. The summed E-state index contributed by atoms with van der Waals surface area (Å²) in [5, 5.41) is 3.89. The van der Waals surface area contributed by atoms with Crippen LogP contribution in [0.15, 0.2) is 0 Å². The van der Waals surface area contributed by atoms with Gasteiger partial charge in [0.05, 0.1) is 17.0 Å². The second-order valence-electron chi connectivity index (χ2n) is 4.69. The topological polar surface area (TPSA) is 69.0 Å². The van der Waals surface area contributed by atoms with Crippen LogP contribution in [0.25, 0.3) is 0 Å². The smallest absolute Gasteiger partial charge is 0.284 e. The van der Waals surface area contributed by atoms with E-state index in [1.54, 1.807) is 0 Å². The molecule has 0 radical (unpaired) electrons. The van der Waals surface area contributed by atoms with Gasteiger partial charge in [0.1, 0.15) is 9.84 Å². The molecule has 0 aliphatic carbocycles. The first-order valence-electron chi connectivity index (χ1n) is 6.35. The Morgan fingerprint density at radius 1 is 1.29 bits per heavy atom.